The highest BCUT2D eigenvalue weighted by molar-refractivity contribution is 6.26. The predicted molar refractivity (Wildman–Crippen MR) is 101 cm³/mol. The summed E-state index contributed by atoms with van der Waals surface area (Å²) < 4.78 is 23.6. The van der Waals surface area contributed by atoms with Gasteiger partial charge in [0.2, 0.25) is 5.60 Å². The standard InChI is InChI=1S/C18H25ClO12/c1-6-27-15(23)10(3)30-16(24)11(4)29-14(22)9(2)18(5,17(25)26)31-13(21)8-28-12(20)7-19/h9-11H,6-8H2,1-5H3,(H,25,26)/t9-,10+,11+,18+/m1/s1. The third-order valence-corrected chi connectivity index (χ3v) is 4.15. The quantitative estimate of drug-likeness (QED) is 0.235. The van der Waals surface area contributed by atoms with Crippen molar-refractivity contribution in [2.24, 2.45) is 5.92 Å². The second-order valence-electron chi connectivity index (χ2n) is 6.31. The van der Waals surface area contributed by atoms with Crippen molar-refractivity contribution in [3.8, 4) is 0 Å². The van der Waals surface area contributed by atoms with Crippen molar-refractivity contribution in [3.05, 3.63) is 0 Å². The van der Waals surface area contributed by atoms with Gasteiger partial charge in [-0.25, -0.2) is 19.2 Å². The number of alkyl halides is 1. The molecule has 0 aromatic carbocycles. The number of aliphatic carboxylic acids is 1. The van der Waals surface area contributed by atoms with E-state index >= 15 is 0 Å². The Hall–Kier alpha value is -2.89. The molecule has 1 N–H and O–H groups in total. The summed E-state index contributed by atoms with van der Waals surface area (Å²) in [5.74, 6) is -9.09. The van der Waals surface area contributed by atoms with Gasteiger partial charge in [-0.1, -0.05) is 0 Å². The highest BCUT2D eigenvalue weighted by atomic mass is 35.5. The minimum atomic E-state index is -2.41. The van der Waals surface area contributed by atoms with Crippen molar-refractivity contribution in [2.45, 2.75) is 52.4 Å². The van der Waals surface area contributed by atoms with E-state index in [-0.39, 0.29) is 6.61 Å². The predicted octanol–water partition coefficient (Wildman–Crippen LogP) is 0.218. The number of carbonyl (C=O) groups excluding carboxylic acids is 5. The Morgan fingerprint density at radius 2 is 1.39 bits per heavy atom. The number of carboxylic acid groups (broad SMARTS) is 1. The van der Waals surface area contributed by atoms with Gasteiger partial charge in [-0.05, 0) is 34.6 Å². The van der Waals surface area contributed by atoms with Crippen LogP contribution in [0.1, 0.15) is 34.6 Å². The van der Waals surface area contributed by atoms with Gasteiger partial charge < -0.3 is 28.8 Å². The third kappa shape index (κ3) is 8.79. The van der Waals surface area contributed by atoms with Gasteiger partial charge in [0.25, 0.3) is 0 Å². The number of carboxylic acids is 1. The van der Waals surface area contributed by atoms with Crippen LogP contribution in [0.15, 0.2) is 0 Å². The molecule has 13 heteroatoms. The molecule has 0 fully saturated rings. The van der Waals surface area contributed by atoms with E-state index in [1.165, 1.54) is 6.92 Å². The van der Waals surface area contributed by atoms with E-state index in [4.69, 9.17) is 25.8 Å². The Bertz CT molecular complexity index is 706. The van der Waals surface area contributed by atoms with Crippen LogP contribution in [-0.4, -0.2) is 77.8 Å². The van der Waals surface area contributed by atoms with Crippen LogP contribution in [0, 0.1) is 5.92 Å². The van der Waals surface area contributed by atoms with E-state index in [1.54, 1.807) is 6.92 Å². The first-order valence-electron chi connectivity index (χ1n) is 9.04. The van der Waals surface area contributed by atoms with Crippen molar-refractivity contribution >= 4 is 47.4 Å². The van der Waals surface area contributed by atoms with Crippen LogP contribution in [0.25, 0.3) is 0 Å². The molecule has 0 heterocycles. The Balaban J connectivity index is 5.09. The third-order valence-electron chi connectivity index (χ3n) is 3.93. The number of hydrogen-bond acceptors (Lipinski definition) is 11. The number of hydrogen-bond donors (Lipinski definition) is 1. The number of ether oxygens (including phenoxy) is 5. The Morgan fingerprint density at radius 3 is 1.87 bits per heavy atom. The van der Waals surface area contributed by atoms with Crippen molar-refractivity contribution < 1.29 is 57.6 Å². The molecule has 0 saturated carbocycles. The zero-order valence-corrected chi connectivity index (χ0v) is 18.4. The molecule has 4 atom stereocenters. The molecule has 0 rings (SSSR count). The Morgan fingerprint density at radius 1 is 0.871 bits per heavy atom. The van der Waals surface area contributed by atoms with Gasteiger partial charge in [0.05, 0.1) is 6.61 Å². The summed E-state index contributed by atoms with van der Waals surface area (Å²) in [4.78, 5) is 70.3. The van der Waals surface area contributed by atoms with E-state index in [0.717, 1.165) is 20.8 Å². The first-order valence-corrected chi connectivity index (χ1v) is 9.57. The van der Waals surface area contributed by atoms with Crippen LogP contribution in [-0.2, 0) is 52.5 Å². The first kappa shape index (κ1) is 28.1. The number of esters is 5. The second kappa shape index (κ2) is 12.7. The average molecular weight is 469 g/mol. The van der Waals surface area contributed by atoms with Crippen molar-refractivity contribution in [2.75, 3.05) is 19.1 Å². The van der Waals surface area contributed by atoms with Crippen LogP contribution in [0.4, 0.5) is 0 Å². The lowest BCUT2D eigenvalue weighted by molar-refractivity contribution is -0.194. The molecule has 0 amide bonds. The second-order valence-corrected chi connectivity index (χ2v) is 6.58. The lowest BCUT2D eigenvalue weighted by Gasteiger charge is -2.30. The monoisotopic (exact) mass is 468 g/mol. The van der Waals surface area contributed by atoms with Crippen LogP contribution in [0.3, 0.4) is 0 Å². The summed E-state index contributed by atoms with van der Waals surface area (Å²) in [6.07, 6.45) is -2.77. The molecule has 0 bridgehead atoms. The fraction of sp³-hybridized carbons (Fsp3) is 0.667. The first-order chi connectivity index (χ1) is 14.3. The SMILES string of the molecule is CCOC(=O)[C@H](C)OC(=O)[C@H](C)OC(=O)[C@@H](C)[C@](C)(OC(=O)COC(=O)CCl)C(=O)O. The van der Waals surface area contributed by atoms with Crippen LogP contribution < -0.4 is 0 Å². The maximum absolute atomic E-state index is 12.3. The fourth-order valence-corrected chi connectivity index (χ4v) is 1.97. The molecule has 0 saturated heterocycles. The summed E-state index contributed by atoms with van der Waals surface area (Å²) in [7, 11) is 0. The van der Waals surface area contributed by atoms with Gasteiger partial charge in [0.15, 0.2) is 18.8 Å². The zero-order chi connectivity index (χ0) is 24.4. The maximum Gasteiger partial charge on any atom is 0.348 e. The van der Waals surface area contributed by atoms with E-state index < -0.39 is 72.0 Å². The van der Waals surface area contributed by atoms with Crippen LogP contribution in [0.2, 0.25) is 0 Å². The summed E-state index contributed by atoms with van der Waals surface area (Å²) in [5.41, 5.74) is -2.41. The summed E-state index contributed by atoms with van der Waals surface area (Å²) in [6, 6.07) is 0. The minimum Gasteiger partial charge on any atom is -0.478 e. The zero-order valence-electron chi connectivity index (χ0n) is 17.7. The van der Waals surface area contributed by atoms with Gasteiger partial charge >= 0.3 is 35.8 Å². The van der Waals surface area contributed by atoms with Gasteiger partial charge in [-0.3, -0.25) is 9.59 Å². The van der Waals surface area contributed by atoms with Gasteiger partial charge in [0.1, 0.15) is 11.8 Å². The molecule has 176 valence electrons. The molecule has 0 aromatic rings. The Labute approximate surface area is 183 Å². The molecule has 31 heavy (non-hydrogen) atoms. The molecule has 0 unspecified atom stereocenters. The lowest BCUT2D eigenvalue weighted by Crippen LogP contribution is -2.50. The molecule has 0 aliphatic rings. The highest BCUT2D eigenvalue weighted by Gasteiger charge is 2.48. The highest BCUT2D eigenvalue weighted by Crippen LogP contribution is 2.25. The summed E-state index contributed by atoms with van der Waals surface area (Å²) >= 11 is 5.20. The largest absolute Gasteiger partial charge is 0.478 e. The van der Waals surface area contributed by atoms with Gasteiger partial charge in [-0.2, -0.15) is 0 Å². The van der Waals surface area contributed by atoms with E-state index in [1.807, 2.05) is 0 Å². The van der Waals surface area contributed by atoms with Crippen LogP contribution in [0.5, 0.6) is 0 Å². The molecular weight excluding hydrogens is 444 g/mol. The number of halogens is 1. The summed E-state index contributed by atoms with van der Waals surface area (Å²) in [6.45, 7) is 5.12. The number of carbonyl (C=O) groups is 6. The van der Waals surface area contributed by atoms with E-state index in [0.29, 0.717) is 0 Å². The molecule has 0 aliphatic carbocycles. The molecule has 0 spiro atoms. The van der Waals surface area contributed by atoms with Gasteiger partial charge in [0, 0.05) is 0 Å². The number of rotatable bonds is 12. The van der Waals surface area contributed by atoms with Crippen molar-refractivity contribution in [3.63, 3.8) is 0 Å². The average Bonchev–Trinajstić information content (AvgIpc) is 2.70. The van der Waals surface area contributed by atoms with Crippen LogP contribution >= 0.6 is 11.6 Å². The Kier molecular flexibility index (Phi) is 11.5. The molecule has 0 radical (unpaired) electrons. The fourth-order valence-electron chi connectivity index (χ4n) is 1.89. The minimum absolute atomic E-state index is 0.0698. The van der Waals surface area contributed by atoms with Crippen molar-refractivity contribution in [1.29, 1.82) is 0 Å². The summed E-state index contributed by atoms with van der Waals surface area (Å²) in [5, 5.41) is 9.44. The van der Waals surface area contributed by atoms with E-state index in [2.05, 4.69) is 9.47 Å². The molecule has 0 aliphatic heterocycles. The molecule has 0 aromatic heterocycles. The normalized spacial score (nSPS) is 15.3. The van der Waals surface area contributed by atoms with E-state index in [9.17, 15) is 33.9 Å². The van der Waals surface area contributed by atoms with Gasteiger partial charge in [-0.15, -0.1) is 11.6 Å². The molecular formula is C18H25ClO12. The smallest absolute Gasteiger partial charge is 0.348 e. The maximum atomic E-state index is 12.3. The molecule has 12 nitrogen and oxygen atoms in total. The lowest BCUT2D eigenvalue weighted by atomic mass is 9.90. The topological polar surface area (TPSA) is 169 Å². The van der Waals surface area contributed by atoms with Crippen molar-refractivity contribution in [1.82, 2.24) is 0 Å².